The van der Waals surface area contributed by atoms with Crippen LogP contribution in [0.1, 0.15) is 49.9 Å². The lowest BCUT2D eigenvalue weighted by atomic mass is 10.0. The van der Waals surface area contributed by atoms with Gasteiger partial charge in [-0.2, -0.15) is 0 Å². The fourth-order valence-corrected chi connectivity index (χ4v) is 3.13. The van der Waals surface area contributed by atoms with E-state index in [1.165, 1.54) is 11.1 Å². The molecule has 0 saturated carbocycles. The normalized spacial score (nSPS) is 10.5. The van der Waals surface area contributed by atoms with E-state index in [4.69, 9.17) is 17.5 Å². The fourth-order valence-electron chi connectivity index (χ4n) is 3.13. The third-order valence-corrected chi connectivity index (χ3v) is 4.42. The van der Waals surface area contributed by atoms with Gasteiger partial charge in [-0.1, -0.05) is 27.7 Å². The summed E-state index contributed by atoms with van der Waals surface area (Å²) in [6.07, 6.45) is 3.63. The molecule has 0 amide bonds. The summed E-state index contributed by atoms with van der Waals surface area (Å²) in [5, 5.41) is 19.0. The summed E-state index contributed by atoms with van der Waals surface area (Å²) in [4.78, 5) is 0. The molecule has 0 saturated heterocycles. The van der Waals surface area contributed by atoms with Gasteiger partial charge in [0, 0.05) is 44.8 Å². The molecule has 164 valence electrons. The van der Waals surface area contributed by atoms with E-state index in [1.54, 1.807) is 12.1 Å². The maximum atomic E-state index is 9.52. The number of phenolic OH excluding ortho intramolecular Hbond substituents is 2. The lowest BCUT2D eigenvalue weighted by Crippen LogP contribution is -2.41. The van der Waals surface area contributed by atoms with Crippen LogP contribution in [0.25, 0.3) is 0 Å². The fraction of sp³-hybridized carbons (Fsp3) is 0.400. The topological polar surface area (TPSA) is 176 Å². The summed E-state index contributed by atoms with van der Waals surface area (Å²) in [5.74, 6) is 0.809. The Kier molecular flexibility index (Phi) is 11.5. The Morgan fingerprint density at radius 1 is 0.690 bits per heavy atom. The number of aromatic hydroxyl groups is 2. The molecule has 2 aromatic rings. The van der Waals surface area contributed by atoms with Crippen LogP contribution in [-0.2, 0) is 36.1 Å². The zero-order valence-electron chi connectivity index (χ0n) is 17.5. The van der Waals surface area contributed by atoms with E-state index in [1.807, 2.05) is 26.0 Å². The van der Waals surface area contributed by atoms with Gasteiger partial charge in [0.25, 0.3) is 0 Å². The van der Waals surface area contributed by atoms with E-state index in [9.17, 15) is 10.2 Å². The summed E-state index contributed by atoms with van der Waals surface area (Å²) < 4.78 is 34.1. The van der Waals surface area contributed by atoms with Crippen molar-refractivity contribution in [3.8, 4) is 11.5 Å². The molecule has 0 bridgehead atoms. The highest BCUT2D eigenvalue weighted by Gasteiger charge is 2.10. The predicted molar refractivity (Wildman–Crippen MR) is 109 cm³/mol. The molecule has 29 heavy (non-hydrogen) atoms. The predicted octanol–water partition coefficient (Wildman–Crippen LogP) is 1.44. The van der Waals surface area contributed by atoms with Gasteiger partial charge in [0.15, 0.2) is 0 Å². The first-order chi connectivity index (χ1) is 13.4. The first-order valence-corrected chi connectivity index (χ1v) is 10.7. The van der Waals surface area contributed by atoms with Gasteiger partial charge >= 0.3 is 0 Å². The van der Waals surface area contributed by atoms with Crippen LogP contribution in [0.2, 0.25) is 0 Å². The number of benzene rings is 2. The van der Waals surface area contributed by atoms with Crippen molar-refractivity contribution in [2.75, 3.05) is 0 Å². The molecule has 2 rings (SSSR count). The van der Waals surface area contributed by atoms with Gasteiger partial charge in [0.2, 0.25) is 0 Å². The van der Waals surface area contributed by atoms with E-state index >= 15 is 0 Å². The second-order valence-electron chi connectivity index (χ2n) is 6.22. The zero-order chi connectivity index (χ0) is 22.8. The maximum absolute atomic E-state index is 9.52. The molecule has 9 heteroatoms. The van der Waals surface area contributed by atoms with Crippen molar-refractivity contribution in [2.24, 2.45) is 0 Å². The van der Waals surface area contributed by atoms with Crippen molar-refractivity contribution in [1.29, 1.82) is 0 Å². The summed E-state index contributed by atoms with van der Waals surface area (Å²) in [5.41, 5.74) is 14.4. The van der Waals surface area contributed by atoms with Crippen molar-refractivity contribution in [3.63, 3.8) is 0 Å². The minimum atomic E-state index is -5.17. The van der Waals surface area contributed by atoms with Crippen LogP contribution in [0.4, 0.5) is 11.4 Å². The molecule has 0 fully saturated rings. The van der Waals surface area contributed by atoms with Crippen LogP contribution < -0.4 is 11.5 Å². The number of hydrogen-bond donors (Lipinski definition) is 4. The van der Waals surface area contributed by atoms with E-state index in [0.29, 0.717) is 11.5 Å². The van der Waals surface area contributed by atoms with Crippen LogP contribution in [0.5, 0.6) is 11.5 Å². The molecule has 0 heterocycles. The minimum absolute atomic E-state index is 0.404. The number of quaternary nitrogens is 2. The van der Waals surface area contributed by atoms with E-state index in [0.717, 1.165) is 48.2 Å². The molecule has 0 aliphatic rings. The number of phenols is 2. The molecular weight excluding hydrogens is 396 g/mol. The van der Waals surface area contributed by atoms with E-state index in [-0.39, 0.29) is 0 Å². The summed E-state index contributed by atoms with van der Waals surface area (Å²) in [6.45, 7) is 8.27. The molecule has 8 nitrogen and oxygen atoms in total. The molecule has 0 spiro atoms. The highest BCUT2D eigenvalue weighted by Crippen LogP contribution is 2.26. The largest absolute Gasteiger partial charge is 0.759 e. The van der Waals surface area contributed by atoms with Crippen molar-refractivity contribution in [3.05, 3.63) is 46.5 Å². The zero-order valence-corrected chi connectivity index (χ0v) is 18.3. The highest BCUT2D eigenvalue weighted by molar-refractivity contribution is 7.79. The van der Waals surface area contributed by atoms with Gasteiger partial charge in [-0.25, -0.2) is 0 Å². The number of hydrogen-bond acceptors (Lipinski definition) is 6. The molecule has 0 atom stereocenters. The average molecular weight is 429 g/mol. The number of rotatable bonds is 4. The van der Waals surface area contributed by atoms with Gasteiger partial charge in [-0.3, -0.25) is 8.42 Å². The summed E-state index contributed by atoms with van der Waals surface area (Å²) >= 11 is 0. The molecular formula is C20H32N2O6S. The third kappa shape index (κ3) is 9.25. The first kappa shape index (κ1) is 26.8. The molecule has 0 aliphatic heterocycles. The van der Waals surface area contributed by atoms with Gasteiger partial charge in [0.05, 0.1) is 0 Å². The van der Waals surface area contributed by atoms with Crippen LogP contribution >= 0.6 is 0 Å². The maximum Gasteiger partial charge on any atom is 0.131 e. The second kappa shape index (κ2) is 12.4. The van der Waals surface area contributed by atoms with Crippen LogP contribution in [-0.4, -0.2) is 27.7 Å². The lowest BCUT2D eigenvalue weighted by molar-refractivity contribution is -0.256. The lowest BCUT2D eigenvalue weighted by Gasteiger charge is -2.07. The second-order valence-corrected chi connectivity index (χ2v) is 7.04. The Labute approximate surface area is 172 Å². The van der Waals surface area contributed by atoms with Crippen LogP contribution in [0, 0.1) is 0 Å². The molecule has 0 unspecified atom stereocenters. The Balaban J connectivity index is 0.000000442. The Morgan fingerprint density at radius 3 is 1.10 bits per heavy atom. The van der Waals surface area contributed by atoms with Crippen molar-refractivity contribution in [1.82, 2.24) is 0 Å². The Morgan fingerprint density at radius 2 is 0.931 bits per heavy atom. The molecule has 0 radical (unpaired) electrons. The monoisotopic (exact) mass is 428 g/mol. The first-order valence-electron chi connectivity index (χ1n) is 9.38. The molecule has 0 aromatic heterocycles. The summed E-state index contributed by atoms with van der Waals surface area (Å²) in [7, 11) is -5.17. The van der Waals surface area contributed by atoms with Gasteiger partial charge in [-0.15, -0.1) is 0 Å². The standard InChI is InChI=1S/2C10H15NO.H2O4S/c2*1-3-7-8(4-2)10(12)6-5-9(7)11;1-5(2,3)4/h2*5-6,12H,3-4,11H2,1-2H3;(H2,1,2,3,4). The average Bonchev–Trinajstić information content (AvgIpc) is 2.64. The third-order valence-electron chi connectivity index (χ3n) is 4.42. The van der Waals surface area contributed by atoms with E-state index < -0.39 is 10.4 Å². The smallest absolute Gasteiger partial charge is 0.131 e. The van der Waals surface area contributed by atoms with Crippen LogP contribution in [0.15, 0.2) is 24.3 Å². The van der Waals surface area contributed by atoms with Crippen molar-refractivity contribution >= 4 is 21.8 Å². The molecule has 2 aromatic carbocycles. The SMILES string of the molecule is CCc1c([NH3+])ccc(O)c1CC.CCc1c([NH3+])ccc(O)c1CC.O=S(=O)([O-])[O-]. The van der Waals surface area contributed by atoms with Gasteiger partial charge in [-0.05, 0) is 37.8 Å². The molecule has 0 aliphatic carbocycles. The van der Waals surface area contributed by atoms with Crippen molar-refractivity contribution in [2.45, 2.75) is 53.4 Å². The van der Waals surface area contributed by atoms with E-state index in [2.05, 4.69) is 25.3 Å². The van der Waals surface area contributed by atoms with Gasteiger partial charge < -0.3 is 30.8 Å². The summed E-state index contributed by atoms with van der Waals surface area (Å²) in [6, 6.07) is 7.18. The quantitative estimate of drug-likeness (QED) is 0.423. The van der Waals surface area contributed by atoms with Gasteiger partial charge in [0.1, 0.15) is 22.9 Å². The Hall–Kier alpha value is -2.17. The Bertz CT molecular complexity index is 773. The molecule has 8 N–H and O–H groups in total. The highest BCUT2D eigenvalue weighted by atomic mass is 32.3. The van der Waals surface area contributed by atoms with Crippen LogP contribution in [0.3, 0.4) is 0 Å². The van der Waals surface area contributed by atoms with Crippen molar-refractivity contribution < 1.29 is 39.2 Å². The minimum Gasteiger partial charge on any atom is -0.759 e.